The average Bonchev–Trinajstić information content (AvgIpc) is 2.67. The second kappa shape index (κ2) is 4.71. The Balaban J connectivity index is 2.51. The topological polar surface area (TPSA) is 23.5 Å². The molecule has 1 aliphatic heterocycles. The molecule has 0 spiro atoms. The van der Waals surface area contributed by atoms with Crippen molar-refractivity contribution >= 4 is 5.69 Å². The summed E-state index contributed by atoms with van der Waals surface area (Å²) in [6, 6.07) is 4.07. The van der Waals surface area contributed by atoms with Gasteiger partial charge < -0.3 is 10.0 Å². The van der Waals surface area contributed by atoms with Crippen LogP contribution in [0.5, 0.6) is 0 Å². The lowest BCUT2D eigenvalue weighted by Crippen LogP contribution is -2.39. The number of hydrogen-bond donors (Lipinski definition) is 1. The molecule has 1 aromatic rings. The van der Waals surface area contributed by atoms with Gasteiger partial charge in [0.25, 0.3) is 0 Å². The van der Waals surface area contributed by atoms with Crippen LogP contribution in [0.1, 0.15) is 37.8 Å². The number of hydrogen-bond acceptors (Lipinski definition) is 2. The summed E-state index contributed by atoms with van der Waals surface area (Å²) in [5, 5.41) is 9.01. The summed E-state index contributed by atoms with van der Waals surface area (Å²) >= 11 is 0. The minimum absolute atomic E-state index is 0.215. The molecule has 1 fully saturated rings. The first-order valence-corrected chi connectivity index (χ1v) is 6.34. The molecular weight excluding hydrogens is 255 g/mol. The molecule has 0 radical (unpaired) electrons. The largest absolute Gasteiger partial charge is 0.418 e. The van der Waals surface area contributed by atoms with Gasteiger partial charge in [-0.15, -0.1) is 0 Å². The van der Waals surface area contributed by atoms with Crippen molar-refractivity contribution in [3.8, 4) is 0 Å². The van der Waals surface area contributed by atoms with E-state index in [1.807, 2.05) is 18.7 Å². The van der Waals surface area contributed by atoms with E-state index in [1.54, 1.807) is 6.07 Å². The van der Waals surface area contributed by atoms with Crippen LogP contribution < -0.4 is 4.90 Å². The van der Waals surface area contributed by atoms with Crippen molar-refractivity contribution in [2.75, 3.05) is 11.4 Å². The Bertz CT molecular complexity index is 468. The van der Waals surface area contributed by atoms with Crippen molar-refractivity contribution < 1.29 is 18.3 Å². The molecule has 0 atom stereocenters. The van der Waals surface area contributed by atoms with Gasteiger partial charge in [-0.25, -0.2) is 0 Å². The Labute approximate surface area is 110 Å². The molecule has 19 heavy (non-hydrogen) atoms. The number of halogens is 3. The Morgan fingerprint density at radius 1 is 1.32 bits per heavy atom. The van der Waals surface area contributed by atoms with Gasteiger partial charge in [-0.1, -0.05) is 6.07 Å². The molecule has 0 aliphatic carbocycles. The number of rotatable bonds is 2. The zero-order valence-electron chi connectivity index (χ0n) is 11.1. The lowest BCUT2D eigenvalue weighted by Gasteiger charge is -2.35. The molecule has 0 saturated carbocycles. The third-order valence-electron chi connectivity index (χ3n) is 3.74. The predicted octanol–water partition coefficient (Wildman–Crippen LogP) is 3.58. The minimum atomic E-state index is -4.40. The molecule has 2 nitrogen and oxygen atoms in total. The number of alkyl halides is 3. The zero-order chi connectivity index (χ0) is 14.3. The highest BCUT2D eigenvalue weighted by atomic mass is 19.4. The van der Waals surface area contributed by atoms with Gasteiger partial charge in [-0.2, -0.15) is 13.2 Å². The van der Waals surface area contributed by atoms with Crippen LogP contribution in [0.3, 0.4) is 0 Å². The van der Waals surface area contributed by atoms with E-state index in [1.165, 1.54) is 6.07 Å². The van der Waals surface area contributed by atoms with Gasteiger partial charge in [-0.05, 0) is 44.4 Å². The van der Waals surface area contributed by atoms with Gasteiger partial charge in [-0.3, -0.25) is 0 Å². The molecule has 5 heteroatoms. The molecule has 1 N–H and O–H groups in total. The molecule has 1 saturated heterocycles. The zero-order valence-corrected chi connectivity index (χ0v) is 11.1. The van der Waals surface area contributed by atoms with Gasteiger partial charge in [0.05, 0.1) is 12.2 Å². The quantitative estimate of drug-likeness (QED) is 0.890. The molecule has 1 aliphatic rings. The number of aliphatic hydroxyl groups is 1. The van der Waals surface area contributed by atoms with Gasteiger partial charge >= 0.3 is 6.18 Å². The third kappa shape index (κ3) is 2.71. The highest BCUT2D eigenvalue weighted by molar-refractivity contribution is 5.58. The maximum atomic E-state index is 13.2. The molecule has 2 rings (SSSR count). The lowest BCUT2D eigenvalue weighted by atomic mass is 9.99. The molecule has 0 unspecified atom stereocenters. The first kappa shape index (κ1) is 14.2. The maximum Gasteiger partial charge on any atom is 0.418 e. The van der Waals surface area contributed by atoms with Gasteiger partial charge in [0.2, 0.25) is 0 Å². The van der Waals surface area contributed by atoms with Crippen molar-refractivity contribution in [2.24, 2.45) is 0 Å². The summed E-state index contributed by atoms with van der Waals surface area (Å²) in [7, 11) is 0. The highest BCUT2D eigenvalue weighted by Gasteiger charge is 2.39. The smallest absolute Gasteiger partial charge is 0.392 e. The van der Waals surface area contributed by atoms with Crippen LogP contribution in [0.15, 0.2) is 18.2 Å². The summed E-state index contributed by atoms with van der Waals surface area (Å²) in [5.74, 6) is 0. The first-order chi connectivity index (χ1) is 8.75. The van der Waals surface area contributed by atoms with Gasteiger partial charge in [0.15, 0.2) is 0 Å². The SMILES string of the molecule is CC1(C)CCCN1c1ccc(CO)cc1C(F)(F)F. The summed E-state index contributed by atoms with van der Waals surface area (Å²) in [6.07, 6.45) is -2.63. The number of benzene rings is 1. The highest BCUT2D eigenvalue weighted by Crippen LogP contribution is 2.42. The van der Waals surface area contributed by atoms with Crippen molar-refractivity contribution in [3.05, 3.63) is 29.3 Å². The van der Waals surface area contributed by atoms with Crippen LogP contribution in [0.25, 0.3) is 0 Å². The predicted molar refractivity (Wildman–Crippen MR) is 68.0 cm³/mol. The van der Waals surface area contributed by atoms with Crippen molar-refractivity contribution in [2.45, 2.75) is 45.0 Å². The Morgan fingerprint density at radius 2 is 2.00 bits per heavy atom. The van der Waals surface area contributed by atoms with Crippen molar-refractivity contribution in [1.29, 1.82) is 0 Å². The normalized spacial score (nSPS) is 18.9. The van der Waals surface area contributed by atoms with Crippen molar-refractivity contribution in [1.82, 2.24) is 0 Å². The summed E-state index contributed by atoms with van der Waals surface area (Å²) in [6.45, 7) is 4.17. The number of anilines is 1. The fourth-order valence-corrected chi connectivity index (χ4v) is 2.70. The van der Waals surface area contributed by atoms with E-state index in [2.05, 4.69) is 0 Å². The standard InChI is InChI=1S/C14H18F3NO/c1-13(2)6-3-7-18(13)12-5-4-10(9-19)8-11(12)14(15,16)17/h4-5,8,19H,3,6-7,9H2,1-2H3. The Hall–Kier alpha value is -1.23. The Kier molecular flexibility index (Phi) is 3.51. The van der Waals surface area contributed by atoms with E-state index >= 15 is 0 Å². The molecule has 106 valence electrons. The van der Waals surface area contributed by atoms with Crippen LogP contribution >= 0.6 is 0 Å². The van der Waals surface area contributed by atoms with Crippen LogP contribution in [-0.2, 0) is 12.8 Å². The van der Waals surface area contributed by atoms with E-state index in [0.717, 1.165) is 18.9 Å². The third-order valence-corrected chi connectivity index (χ3v) is 3.74. The number of nitrogens with zero attached hydrogens (tertiary/aromatic N) is 1. The van der Waals surface area contributed by atoms with Gasteiger partial charge in [0, 0.05) is 17.8 Å². The summed E-state index contributed by atoms with van der Waals surface area (Å²) in [4.78, 5) is 1.82. The maximum absolute atomic E-state index is 13.2. The fourth-order valence-electron chi connectivity index (χ4n) is 2.70. The second-order valence-corrected chi connectivity index (χ2v) is 5.57. The van der Waals surface area contributed by atoms with E-state index in [4.69, 9.17) is 5.11 Å². The minimum Gasteiger partial charge on any atom is -0.392 e. The molecule has 1 aromatic carbocycles. The van der Waals surface area contributed by atoms with Crippen LogP contribution in [0.4, 0.5) is 18.9 Å². The van der Waals surface area contributed by atoms with E-state index in [9.17, 15) is 13.2 Å². The lowest BCUT2D eigenvalue weighted by molar-refractivity contribution is -0.137. The van der Waals surface area contributed by atoms with Crippen molar-refractivity contribution in [3.63, 3.8) is 0 Å². The summed E-state index contributed by atoms with van der Waals surface area (Å²) < 4.78 is 39.5. The monoisotopic (exact) mass is 273 g/mol. The first-order valence-electron chi connectivity index (χ1n) is 6.34. The van der Waals surface area contributed by atoms with Crippen LogP contribution in [0.2, 0.25) is 0 Å². The molecule has 0 aromatic heterocycles. The molecule has 0 bridgehead atoms. The molecular formula is C14H18F3NO. The second-order valence-electron chi connectivity index (χ2n) is 5.57. The van der Waals surface area contributed by atoms with E-state index in [-0.39, 0.29) is 23.4 Å². The number of aliphatic hydroxyl groups excluding tert-OH is 1. The Morgan fingerprint density at radius 3 is 2.47 bits per heavy atom. The van der Waals surface area contributed by atoms with E-state index in [0.29, 0.717) is 6.54 Å². The van der Waals surface area contributed by atoms with Crippen LogP contribution in [-0.4, -0.2) is 17.2 Å². The van der Waals surface area contributed by atoms with E-state index < -0.39 is 11.7 Å². The summed E-state index contributed by atoms with van der Waals surface area (Å²) in [5.41, 5.74) is -0.421. The average molecular weight is 273 g/mol. The van der Waals surface area contributed by atoms with Gasteiger partial charge in [0.1, 0.15) is 0 Å². The molecule has 1 heterocycles. The molecule has 0 amide bonds. The fraction of sp³-hybridized carbons (Fsp3) is 0.571. The van der Waals surface area contributed by atoms with Crippen LogP contribution in [0, 0.1) is 0 Å².